The summed E-state index contributed by atoms with van der Waals surface area (Å²) < 4.78 is 0. The van der Waals surface area contributed by atoms with Gasteiger partial charge in [-0.25, -0.2) is 0 Å². The summed E-state index contributed by atoms with van der Waals surface area (Å²) in [5.41, 5.74) is 2.76. The molecule has 0 saturated carbocycles. The second-order valence-electron chi connectivity index (χ2n) is 4.34. The Morgan fingerprint density at radius 2 is 1.93 bits per heavy atom. The van der Waals surface area contributed by atoms with Crippen molar-refractivity contribution in [3.63, 3.8) is 0 Å². The first-order chi connectivity index (χ1) is 7.11. The minimum absolute atomic E-state index is 0.436. The molecule has 1 rings (SSSR count). The van der Waals surface area contributed by atoms with E-state index in [2.05, 4.69) is 62.4 Å². The van der Waals surface area contributed by atoms with Crippen molar-refractivity contribution in [3.05, 3.63) is 35.4 Å². The lowest BCUT2D eigenvalue weighted by Gasteiger charge is -2.18. The maximum Gasteiger partial charge on any atom is 0.0294 e. The smallest absolute Gasteiger partial charge is 0.0294 e. The fourth-order valence-electron chi connectivity index (χ4n) is 1.69. The summed E-state index contributed by atoms with van der Waals surface area (Å²) in [6.07, 6.45) is 0. The molecule has 0 aliphatic rings. The standard InChI is InChI=1S/C13H22N2/c1-11-7-5-6-8-13(11)12(2)14-9-10-15(3)4/h5-8,12,14H,9-10H2,1-4H3. The van der Waals surface area contributed by atoms with E-state index >= 15 is 0 Å². The van der Waals surface area contributed by atoms with Crippen LogP contribution in [0.2, 0.25) is 0 Å². The van der Waals surface area contributed by atoms with Crippen molar-refractivity contribution < 1.29 is 0 Å². The molecular weight excluding hydrogens is 184 g/mol. The van der Waals surface area contributed by atoms with Gasteiger partial charge in [-0.2, -0.15) is 0 Å². The molecule has 0 saturated heterocycles. The summed E-state index contributed by atoms with van der Waals surface area (Å²) in [5, 5.41) is 3.53. The lowest BCUT2D eigenvalue weighted by atomic mass is 10.0. The van der Waals surface area contributed by atoms with Crippen molar-refractivity contribution >= 4 is 0 Å². The molecule has 0 radical (unpaired) electrons. The molecule has 1 aromatic carbocycles. The van der Waals surface area contributed by atoms with E-state index in [4.69, 9.17) is 0 Å². The van der Waals surface area contributed by atoms with Gasteiger partial charge in [-0.05, 0) is 39.1 Å². The molecule has 0 fully saturated rings. The van der Waals surface area contributed by atoms with E-state index in [1.165, 1.54) is 11.1 Å². The van der Waals surface area contributed by atoms with Crippen LogP contribution in [0.15, 0.2) is 24.3 Å². The van der Waals surface area contributed by atoms with Crippen LogP contribution in [0.3, 0.4) is 0 Å². The average molecular weight is 206 g/mol. The van der Waals surface area contributed by atoms with Gasteiger partial charge in [0.15, 0.2) is 0 Å². The van der Waals surface area contributed by atoms with Gasteiger partial charge in [0.05, 0.1) is 0 Å². The maximum atomic E-state index is 3.53. The summed E-state index contributed by atoms with van der Waals surface area (Å²) >= 11 is 0. The molecule has 1 N–H and O–H groups in total. The number of hydrogen-bond acceptors (Lipinski definition) is 2. The van der Waals surface area contributed by atoms with Gasteiger partial charge in [-0.15, -0.1) is 0 Å². The quantitative estimate of drug-likeness (QED) is 0.794. The van der Waals surface area contributed by atoms with Gasteiger partial charge >= 0.3 is 0 Å². The van der Waals surface area contributed by atoms with Crippen LogP contribution in [-0.4, -0.2) is 32.1 Å². The highest BCUT2D eigenvalue weighted by molar-refractivity contribution is 5.28. The Morgan fingerprint density at radius 3 is 2.53 bits per heavy atom. The van der Waals surface area contributed by atoms with Gasteiger partial charge in [0, 0.05) is 19.1 Å². The second kappa shape index (κ2) is 5.89. The van der Waals surface area contributed by atoms with E-state index in [1.54, 1.807) is 0 Å². The number of benzene rings is 1. The number of nitrogens with one attached hydrogen (secondary N) is 1. The Balaban J connectivity index is 2.47. The first kappa shape index (κ1) is 12.2. The molecule has 2 nitrogen and oxygen atoms in total. The molecular formula is C13H22N2. The summed E-state index contributed by atoms with van der Waals surface area (Å²) in [6.45, 7) is 6.50. The number of rotatable bonds is 5. The first-order valence-corrected chi connectivity index (χ1v) is 5.55. The lowest BCUT2D eigenvalue weighted by Crippen LogP contribution is -2.28. The highest BCUT2D eigenvalue weighted by Crippen LogP contribution is 2.15. The minimum Gasteiger partial charge on any atom is -0.309 e. The van der Waals surface area contributed by atoms with Crippen LogP contribution in [0, 0.1) is 6.92 Å². The molecule has 2 heteroatoms. The molecule has 0 aliphatic heterocycles. The zero-order valence-electron chi connectivity index (χ0n) is 10.2. The van der Waals surface area contributed by atoms with E-state index in [0.717, 1.165) is 13.1 Å². The van der Waals surface area contributed by atoms with Crippen LogP contribution in [0.4, 0.5) is 0 Å². The number of likely N-dealkylation sites (N-methyl/N-ethyl adjacent to an activating group) is 1. The second-order valence-corrected chi connectivity index (χ2v) is 4.34. The monoisotopic (exact) mass is 206 g/mol. The zero-order valence-corrected chi connectivity index (χ0v) is 10.2. The Hall–Kier alpha value is -0.860. The largest absolute Gasteiger partial charge is 0.309 e. The van der Waals surface area contributed by atoms with Crippen LogP contribution in [0.1, 0.15) is 24.1 Å². The summed E-state index contributed by atoms with van der Waals surface area (Å²) in [4.78, 5) is 2.19. The Kier molecular flexibility index (Phi) is 4.79. The summed E-state index contributed by atoms with van der Waals surface area (Å²) in [5.74, 6) is 0. The van der Waals surface area contributed by atoms with Crippen LogP contribution < -0.4 is 5.32 Å². The van der Waals surface area contributed by atoms with Crippen LogP contribution in [-0.2, 0) is 0 Å². The Morgan fingerprint density at radius 1 is 1.27 bits per heavy atom. The zero-order chi connectivity index (χ0) is 11.3. The van der Waals surface area contributed by atoms with Crippen molar-refractivity contribution in [1.82, 2.24) is 10.2 Å². The average Bonchev–Trinajstić information content (AvgIpc) is 2.17. The van der Waals surface area contributed by atoms with Gasteiger partial charge in [0.1, 0.15) is 0 Å². The van der Waals surface area contributed by atoms with Crippen molar-refractivity contribution in [3.8, 4) is 0 Å². The molecule has 0 aromatic heterocycles. The molecule has 84 valence electrons. The van der Waals surface area contributed by atoms with Crippen molar-refractivity contribution in [2.75, 3.05) is 27.2 Å². The van der Waals surface area contributed by atoms with E-state index in [1.807, 2.05) is 0 Å². The van der Waals surface area contributed by atoms with Crippen LogP contribution >= 0.6 is 0 Å². The molecule has 1 atom stereocenters. The highest BCUT2D eigenvalue weighted by Gasteiger charge is 2.06. The molecule has 0 aliphatic carbocycles. The normalized spacial score (nSPS) is 13.1. The van der Waals surface area contributed by atoms with Gasteiger partial charge in [-0.3, -0.25) is 0 Å². The third-order valence-corrected chi connectivity index (χ3v) is 2.66. The van der Waals surface area contributed by atoms with Gasteiger partial charge in [0.2, 0.25) is 0 Å². The van der Waals surface area contributed by atoms with E-state index in [9.17, 15) is 0 Å². The molecule has 1 unspecified atom stereocenters. The van der Waals surface area contributed by atoms with Crippen LogP contribution in [0.25, 0.3) is 0 Å². The topological polar surface area (TPSA) is 15.3 Å². The fraction of sp³-hybridized carbons (Fsp3) is 0.538. The third kappa shape index (κ3) is 4.02. The SMILES string of the molecule is Cc1ccccc1C(C)NCCN(C)C. The van der Waals surface area contributed by atoms with Crippen molar-refractivity contribution in [2.24, 2.45) is 0 Å². The molecule has 0 heterocycles. The third-order valence-electron chi connectivity index (χ3n) is 2.66. The van der Waals surface area contributed by atoms with E-state index in [0.29, 0.717) is 6.04 Å². The maximum absolute atomic E-state index is 3.53. The van der Waals surface area contributed by atoms with E-state index in [-0.39, 0.29) is 0 Å². The van der Waals surface area contributed by atoms with E-state index < -0.39 is 0 Å². The first-order valence-electron chi connectivity index (χ1n) is 5.55. The number of hydrogen-bond donors (Lipinski definition) is 1. The number of aryl methyl sites for hydroxylation is 1. The Bertz CT molecular complexity index is 294. The van der Waals surface area contributed by atoms with Crippen molar-refractivity contribution in [1.29, 1.82) is 0 Å². The van der Waals surface area contributed by atoms with Gasteiger partial charge < -0.3 is 10.2 Å². The number of nitrogens with zero attached hydrogens (tertiary/aromatic N) is 1. The molecule has 0 spiro atoms. The fourth-order valence-corrected chi connectivity index (χ4v) is 1.69. The predicted octanol–water partition coefficient (Wildman–Crippen LogP) is 2.21. The molecule has 1 aromatic rings. The van der Waals surface area contributed by atoms with Crippen molar-refractivity contribution in [2.45, 2.75) is 19.9 Å². The van der Waals surface area contributed by atoms with Crippen LogP contribution in [0.5, 0.6) is 0 Å². The Labute approximate surface area is 93.3 Å². The summed E-state index contributed by atoms with van der Waals surface area (Å²) in [6, 6.07) is 8.99. The highest BCUT2D eigenvalue weighted by atomic mass is 15.1. The predicted molar refractivity (Wildman–Crippen MR) is 66.2 cm³/mol. The molecule has 0 amide bonds. The lowest BCUT2D eigenvalue weighted by molar-refractivity contribution is 0.389. The van der Waals surface area contributed by atoms with Gasteiger partial charge in [0.25, 0.3) is 0 Å². The molecule has 15 heavy (non-hydrogen) atoms. The summed E-state index contributed by atoms with van der Waals surface area (Å²) in [7, 11) is 4.19. The minimum atomic E-state index is 0.436. The molecule has 0 bridgehead atoms. The van der Waals surface area contributed by atoms with Gasteiger partial charge in [-0.1, -0.05) is 24.3 Å².